The number of benzene rings is 1. The maximum absolute atomic E-state index is 11.1. The average Bonchev–Trinajstić information content (AvgIpc) is 2.45. The molecule has 0 atom stereocenters. The molecule has 22 heavy (non-hydrogen) atoms. The third-order valence-electron chi connectivity index (χ3n) is 3.30. The van der Waals surface area contributed by atoms with E-state index in [1.165, 1.54) is 38.7 Å². The molecule has 0 bridgehead atoms. The molecular weight excluding hydrogens is 282 g/mol. The number of carbonyl (C=O) groups is 2. The molecule has 0 unspecified atom stereocenters. The van der Waals surface area contributed by atoms with Crippen LogP contribution in [-0.4, -0.2) is 23.6 Å². The van der Waals surface area contributed by atoms with E-state index < -0.39 is 5.97 Å². The minimum Gasteiger partial charge on any atom is -0.494 e. The van der Waals surface area contributed by atoms with E-state index in [2.05, 4.69) is 12.2 Å². The maximum atomic E-state index is 11.1. The molecule has 0 saturated carbocycles. The largest absolute Gasteiger partial charge is 0.494 e. The van der Waals surface area contributed by atoms with Gasteiger partial charge in [-0.2, -0.15) is 0 Å². The van der Waals surface area contributed by atoms with Crippen LogP contribution in [0.1, 0.15) is 62.7 Å². The lowest BCUT2D eigenvalue weighted by Gasteiger charge is -2.11. The van der Waals surface area contributed by atoms with E-state index in [1.807, 2.05) is 0 Å². The van der Waals surface area contributed by atoms with E-state index in [-0.39, 0.29) is 17.2 Å². The van der Waals surface area contributed by atoms with Gasteiger partial charge in [-0.15, -0.1) is 0 Å². The van der Waals surface area contributed by atoms with Crippen LogP contribution in [0.2, 0.25) is 0 Å². The van der Waals surface area contributed by atoms with E-state index in [4.69, 9.17) is 9.84 Å². The molecule has 0 aromatic heterocycles. The zero-order chi connectivity index (χ0) is 16.4. The lowest BCUT2D eigenvalue weighted by molar-refractivity contribution is -0.114. The molecule has 1 aromatic carbocycles. The van der Waals surface area contributed by atoms with E-state index in [9.17, 15) is 9.59 Å². The highest BCUT2D eigenvalue weighted by Crippen LogP contribution is 2.23. The number of carboxylic acid groups (broad SMARTS) is 1. The van der Waals surface area contributed by atoms with Gasteiger partial charge in [0.05, 0.1) is 17.9 Å². The summed E-state index contributed by atoms with van der Waals surface area (Å²) in [5, 5.41) is 11.6. The second-order valence-corrected chi connectivity index (χ2v) is 5.31. The summed E-state index contributed by atoms with van der Waals surface area (Å²) in [6.07, 6.45) is 7.09. The minimum atomic E-state index is -1.08. The van der Waals surface area contributed by atoms with Crippen molar-refractivity contribution < 1.29 is 19.4 Å². The van der Waals surface area contributed by atoms with Crippen molar-refractivity contribution >= 4 is 17.6 Å². The molecular formula is C17H25NO4. The van der Waals surface area contributed by atoms with Crippen LogP contribution >= 0.6 is 0 Å². The Hall–Kier alpha value is -2.04. The fourth-order valence-electron chi connectivity index (χ4n) is 2.17. The van der Waals surface area contributed by atoms with E-state index in [1.54, 1.807) is 12.1 Å². The van der Waals surface area contributed by atoms with Crippen molar-refractivity contribution in [1.29, 1.82) is 0 Å². The van der Waals surface area contributed by atoms with Gasteiger partial charge in [-0.25, -0.2) is 4.79 Å². The summed E-state index contributed by atoms with van der Waals surface area (Å²) in [7, 11) is 0. The molecule has 122 valence electrons. The number of aromatic carboxylic acids is 1. The van der Waals surface area contributed by atoms with Crippen molar-refractivity contribution in [3.8, 4) is 5.75 Å². The molecule has 0 spiro atoms. The van der Waals surface area contributed by atoms with Gasteiger partial charge < -0.3 is 15.2 Å². The van der Waals surface area contributed by atoms with E-state index >= 15 is 0 Å². The number of nitrogens with one attached hydrogen (secondary N) is 1. The summed E-state index contributed by atoms with van der Waals surface area (Å²) in [6.45, 7) is 4.13. The molecule has 1 aromatic rings. The summed E-state index contributed by atoms with van der Waals surface area (Å²) < 4.78 is 5.63. The molecule has 1 rings (SSSR count). The Balaban J connectivity index is 2.50. The molecule has 1 amide bonds. The molecule has 0 heterocycles. The highest BCUT2D eigenvalue weighted by atomic mass is 16.5. The number of anilines is 1. The first-order valence-corrected chi connectivity index (χ1v) is 7.82. The SMILES string of the molecule is CCCCCCCCOc1ccc(C(=O)O)c(NC(C)=O)c1. The van der Waals surface area contributed by atoms with Crippen molar-refractivity contribution in [2.45, 2.75) is 52.4 Å². The van der Waals surface area contributed by atoms with Crippen LogP contribution in [0.25, 0.3) is 0 Å². The first-order valence-electron chi connectivity index (χ1n) is 7.82. The average molecular weight is 307 g/mol. The van der Waals surface area contributed by atoms with Gasteiger partial charge in [0.25, 0.3) is 0 Å². The third kappa shape index (κ3) is 6.61. The van der Waals surface area contributed by atoms with Crippen LogP contribution in [0.4, 0.5) is 5.69 Å². The Bertz CT molecular complexity index is 499. The predicted molar refractivity (Wildman–Crippen MR) is 86.6 cm³/mol. The predicted octanol–water partition coefficient (Wildman–Crippen LogP) is 4.08. The van der Waals surface area contributed by atoms with Crippen LogP contribution in [0.15, 0.2) is 18.2 Å². The number of hydrogen-bond acceptors (Lipinski definition) is 3. The van der Waals surface area contributed by atoms with Gasteiger partial charge in [-0.05, 0) is 18.6 Å². The molecule has 0 aliphatic heterocycles. The van der Waals surface area contributed by atoms with Gasteiger partial charge in [0, 0.05) is 13.0 Å². The molecule has 0 radical (unpaired) electrons. The number of carboxylic acids is 1. The summed E-state index contributed by atoms with van der Waals surface area (Å²) in [4.78, 5) is 22.2. The summed E-state index contributed by atoms with van der Waals surface area (Å²) in [6, 6.07) is 4.62. The quantitative estimate of drug-likeness (QED) is 0.639. The number of carbonyl (C=O) groups excluding carboxylic acids is 1. The smallest absolute Gasteiger partial charge is 0.337 e. The number of hydrogen-bond donors (Lipinski definition) is 2. The molecule has 0 aliphatic rings. The highest BCUT2D eigenvalue weighted by molar-refractivity contribution is 6.00. The van der Waals surface area contributed by atoms with Gasteiger partial charge in [0.15, 0.2) is 0 Å². The van der Waals surface area contributed by atoms with Crippen LogP contribution in [0, 0.1) is 0 Å². The van der Waals surface area contributed by atoms with Gasteiger partial charge in [0.2, 0.25) is 5.91 Å². The van der Waals surface area contributed by atoms with Crippen molar-refractivity contribution in [3.63, 3.8) is 0 Å². The first kappa shape index (κ1) is 18.0. The fourth-order valence-corrected chi connectivity index (χ4v) is 2.17. The Morgan fingerprint density at radius 3 is 2.45 bits per heavy atom. The zero-order valence-electron chi connectivity index (χ0n) is 13.4. The summed E-state index contributed by atoms with van der Waals surface area (Å²) in [5.74, 6) is -0.816. The van der Waals surface area contributed by atoms with Gasteiger partial charge in [0.1, 0.15) is 5.75 Å². The minimum absolute atomic E-state index is 0.0575. The Morgan fingerprint density at radius 2 is 1.82 bits per heavy atom. The monoisotopic (exact) mass is 307 g/mol. The zero-order valence-corrected chi connectivity index (χ0v) is 13.4. The third-order valence-corrected chi connectivity index (χ3v) is 3.30. The molecule has 2 N–H and O–H groups in total. The number of amides is 1. The lowest BCUT2D eigenvalue weighted by Crippen LogP contribution is -2.11. The van der Waals surface area contributed by atoms with Crippen molar-refractivity contribution in [2.75, 3.05) is 11.9 Å². The molecule has 0 saturated heterocycles. The van der Waals surface area contributed by atoms with Crippen LogP contribution < -0.4 is 10.1 Å². The molecule has 5 heteroatoms. The number of ether oxygens (including phenoxy) is 1. The second-order valence-electron chi connectivity index (χ2n) is 5.31. The Labute approximate surface area is 131 Å². The Morgan fingerprint density at radius 1 is 1.14 bits per heavy atom. The van der Waals surface area contributed by atoms with Crippen molar-refractivity contribution in [3.05, 3.63) is 23.8 Å². The molecule has 5 nitrogen and oxygen atoms in total. The number of rotatable bonds is 10. The van der Waals surface area contributed by atoms with E-state index in [0.717, 1.165) is 12.8 Å². The van der Waals surface area contributed by atoms with Crippen LogP contribution in [0.5, 0.6) is 5.75 Å². The van der Waals surface area contributed by atoms with E-state index in [0.29, 0.717) is 12.4 Å². The van der Waals surface area contributed by atoms with Gasteiger partial charge in [-0.1, -0.05) is 39.0 Å². The van der Waals surface area contributed by atoms with Gasteiger partial charge >= 0.3 is 5.97 Å². The molecule has 0 fully saturated rings. The second kappa shape index (κ2) is 9.82. The lowest BCUT2D eigenvalue weighted by atomic mass is 10.1. The first-order chi connectivity index (χ1) is 10.5. The topological polar surface area (TPSA) is 75.6 Å². The standard InChI is InChI=1S/C17H25NO4/c1-3-4-5-6-7-8-11-22-14-9-10-15(17(20)21)16(12-14)18-13(2)19/h9-10,12H,3-8,11H2,1-2H3,(H,18,19)(H,20,21). The normalized spacial score (nSPS) is 10.3. The van der Waals surface area contributed by atoms with Crippen molar-refractivity contribution in [1.82, 2.24) is 0 Å². The summed E-state index contributed by atoms with van der Waals surface area (Å²) >= 11 is 0. The van der Waals surface area contributed by atoms with Crippen LogP contribution in [-0.2, 0) is 4.79 Å². The summed E-state index contributed by atoms with van der Waals surface area (Å²) in [5.41, 5.74) is 0.322. The van der Waals surface area contributed by atoms with Gasteiger partial charge in [-0.3, -0.25) is 4.79 Å². The molecule has 0 aliphatic carbocycles. The van der Waals surface area contributed by atoms with Crippen molar-refractivity contribution in [2.24, 2.45) is 0 Å². The van der Waals surface area contributed by atoms with Crippen LogP contribution in [0.3, 0.4) is 0 Å². The fraction of sp³-hybridized carbons (Fsp3) is 0.529. The number of unbranched alkanes of at least 4 members (excludes halogenated alkanes) is 5. The maximum Gasteiger partial charge on any atom is 0.337 e. The highest BCUT2D eigenvalue weighted by Gasteiger charge is 2.12. The Kier molecular flexibility index (Phi) is 8.04.